The summed E-state index contributed by atoms with van der Waals surface area (Å²) in [6.45, 7) is 7.14. The first-order chi connectivity index (χ1) is 16.7. The Balaban J connectivity index is 1.41. The summed E-state index contributed by atoms with van der Waals surface area (Å²) in [6, 6.07) is 4.87. The van der Waals surface area contributed by atoms with E-state index in [-0.39, 0.29) is 5.69 Å². The first kappa shape index (κ1) is 21.3. The largest absolute Gasteiger partial charge is 0.379 e. The van der Waals surface area contributed by atoms with Crippen molar-refractivity contribution in [2.75, 3.05) is 31.5 Å². The molecule has 4 aromatic heterocycles. The molecule has 4 aromatic rings. The van der Waals surface area contributed by atoms with E-state index in [4.69, 9.17) is 5.10 Å². The minimum Gasteiger partial charge on any atom is -0.379 e. The van der Waals surface area contributed by atoms with Crippen LogP contribution in [0.25, 0.3) is 29.1 Å². The minimum atomic E-state index is -0.229. The minimum absolute atomic E-state index is 0.229. The van der Waals surface area contributed by atoms with Gasteiger partial charge in [-0.25, -0.2) is 14.3 Å². The Bertz CT molecular complexity index is 1500. The maximum absolute atomic E-state index is 11.8. The molecule has 2 aliphatic rings. The summed E-state index contributed by atoms with van der Waals surface area (Å²) < 4.78 is 1.87. The van der Waals surface area contributed by atoms with E-state index in [2.05, 4.69) is 48.0 Å². The number of hydrogen-bond acceptors (Lipinski definition) is 7. The van der Waals surface area contributed by atoms with Crippen LogP contribution in [0.5, 0.6) is 0 Å². The van der Waals surface area contributed by atoms with Gasteiger partial charge in [0.25, 0.3) is 0 Å². The molecule has 0 aromatic carbocycles. The van der Waals surface area contributed by atoms with Gasteiger partial charge < -0.3 is 20.6 Å². The van der Waals surface area contributed by atoms with E-state index >= 15 is 0 Å². The van der Waals surface area contributed by atoms with Gasteiger partial charge in [0, 0.05) is 54.6 Å². The zero-order valence-electron chi connectivity index (χ0n) is 19.1. The molecule has 10 heteroatoms. The van der Waals surface area contributed by atoms with Crippen LogP contribution in [0.1, 0.15) is 30.3 Å². The van der Waals surface area contributed by atoms with Gasteiger partial charge in [-0.2, -0.15) is 5.10 Å². The summed E-state index contributed by atoms with van der Waals surface area (Å²) in [4.78, 5) is 26.0. The van der Waals surface area contributed by atoms with E-state index in [1.54, 1.807) is 17.5 Å². The van der Waals surface area contributed by atoms with Crippen molar-refractivity contribution >= 4 is 34.8 Å². The summed E-state index contributed by atoms with van der Waals surface area (Å²) in [6.07, 6.45) is 7.94. The van der Waals surface area contributed by atoms with Gasteiger partial charge in [-0.05, 0) is 38.0 Å². The van der Waals surface area contributed by atoms with Gasteiger partial charge in [0.05, 0.1) is 34.0 Å². The van der Waals surface area contributed by atoms with Crippen molar-refractivity contribution in [3.05, 3.63) is 55.5 Å². The van der Waals surface area contributed by atoms with Crippen LogP contribution in [0, 0.1) is 0 Å². The third kappa shape index (κ3) is 4.31. The molecule has 176 valence electrons. The molecule has 0 spiro atoms. The summed E-state index contributed by atoms with van der Waals surface area (Å²) in [7, 11) is 0. The third-order valence-electron chi connectivity index (χ3n) is 6.34. The molecular formula is C24H28N8OS. The normalized spacial score (nSPS) is 18.3. The van der Waals surface area contributed by atoms with Gasteiger partial charge in [0.15, 0.2) is 5.65 Å². The summed E-state index contributed by atoms with van der Waals surface area (Å²) >= 11 is 1.79. The van der Waals surface area contributed by atoms with Crippen LogP contribution in [-0.2, 0) is 6.54 Å². The number of thiophene rings is 1. The van der Waals surface area contributed by atoms with Crippen LogP contribution in [0.3, 0.4) is 0 Å². The lowest BCUT2D eigenvalue weighted by Crippen LogP contribution is -2.42. The molecule has 9 nitrogen and oxygen atoms in total. The SMILES string of the molecule is C/C=c1\[nH]c(=O)[nH]\c1=C/c1cnc2c(NC3CC3)cc(-c3csc(CN4CCNCC4)c3)nn12. The first-order valence-electron chi connectivity index (χ1n) is 11.8. The summed E-state index contributed by atoms with van der Waals surface area (Å²) in [5, 5.41) is 15.7. The molecule has 0 radical (unpaired) electrons. The van der Waals surface area contributed by atoms with Crippen LogP contribution < -0.4 is 27.0 Å². The zero-order valence-corrected chi connectivity index (χ0v) is 19.9. The lowest BCUT2D eigenvalue weighted by atomic mass is 10.2. The van der Waals surface area contributed by atoms with E-state index in [1.807, 2.05) is 23.6 Å². The van der Waals surface area contributed by atoms with Crippen LogP contribution in [0.15, 0.2) is 28.5 Å². The molecule has 4 N–H and O–H groups in total. The molecule has 5 heterocycles. The average Bonchev–Trinajstić information content (AvgIpc) is 3.22. The molecule has 0 atom stereocenters. The van der Waals surface area contributed by atoms with Crippen LogP contribution in [-0.4, -0.2) is 61.7 Å². The molecule has 1 saturated heterocycles. The topological polar surface area (TPSA) is 106 Å². The van der Waals surface area contributed by atoms with Crippen molar-refractivity contribution < 1.29 is 0 Å². The van der Waals surface area contributed by atoms with E-state index in [0.29, 0.717) is 11.4 Å². The van der Waals surface area contributed by atoms with E-state index < -0.39 is 0 Å². The quantitative estimate of drug-likeness (QED) is 0.332. The van der Waals surface area contributed by atoms with Crippen molar-refractivity contribution in [2.24, 2.45) is 0 Å². The molecule has 34 heavy (non-hydrogen) atoms. The van der Waals surface area contributed by atoms with Gasteiger partial charge in [-0.15, -0.1) is 11.3 Å². The van der Waals surface area contributed by atoms with Crippen molar-refractivity contribution in [2.45, 2.75) is 32.4 Å². The number of fused-ring (bicyclic) bond motifs is 1. The maximum Gasteiger partial charge on any atom is 0.323 e. The number of hydrogen-bond donors (Lipinski definition) is 4. The maximum atomic E-state index is 11.8. The Hall–Kier alpha value is -3.21. The molecule has 6 rings (SSSR count). The Labute approximate surface area is 200 Å². The van der Waals surface area contributed by atoms with Crippen LogP contribution >= 0.6 is 11.3 Å². The number of H-pyrrole nitrogens is 2. The first-order valence-corrected chi connectivity index (χ1v) is 12.7. The highest BCUT2D eigenvalue weighted by molar-refractivity contribution is 7.10. The lowest BCUT2D eigenvalue weighted by molar-refractivity contribution is 0.235. The highest BCUT2D eigenvalue weighted by Crippen LogP contribution is 2.32. The molecule has 0 amide bonds. The second kappa shape index (κ2) is 8.86. The fourth-order valence-corrected chi connectivity index (χ4v) is 5.29. The number of aromatic amines is 2. The predicted molar refractivity (Wildman–Crippen MR) is 135 cm³/mol. The van der Waals surface area contributed by atoms with Crippen LogP contribution in [0.2, 0.25) is 0 Å². The second-order valence-electron chi connectivity index (χ2n) is 8.95. The highest BCUT2D eigenvalue weighted by Gasteiger charge is 2.23. The Morgan fingerprint density at radius 2 is 2.03 bits per heavy atom. The van der Waals surface area contributed by atoms with Crippen molar-refractivity contribution in [1.82, 2.24) is 34.8 Å². The van der Waals surface area contributed by atoms with Gasteiger partial charge in [0.1, 0.15) is 0 Å². The fraction of sp³-hybridized carbons (Fsp3) is 0.375. The number of piperazine rings is 1. The number of aromatic nitrogens is 5. The fourth-order valence-electron chi connectivity index (χ4n) is 4.37. The summed E-state index contributed by atoms with van der Waals surface area (Å²) in [5.74, 6) is 0. The van der Waals surface area contributed by atoms with Gasteiger partial charge in [-0.3, -0.25) is 4.90 Å². The average molecular weight is 477 g/mol. The monoisotopic (exact) mass is 476 g/mol. The molecular weight excluding hydrogens is 448 g/mol. The van der Waals surface area contributed by atoms with Crippen LogP contribution in [0.4, 0.5) is 5.69 Å². The highest BCUT2D eigenvalue weighted by atomic mass is 32.1. The molecule has 1 saturated carbocycles. The molecule has 1 aliphatic heterocycles. The van der Waals surface area contributed by atoms with Gasteiger partial charge in [-0.1, -0.05) is 6.08 Å². The Morgan fingerprint density at radius 1 is 1.21 bits per heavy atom. The van der Waals surface area contributed by atoms with Crippen molar-refractivity contribution in [3.63, 3.8) is 0 Å². The summed E-state index contributed by atoms with van der Waals surface area (Å²) in [5.41, 5.74) is 4.40. The molecule has 1 aliphatic carbocycles. The number of imidazole rings is 2. The number of anilines is 1. The molecule has 0 unspecified atom stereocenters. The number of rotatable bonds is 6. The van der Waals surface area contributed by atoms with Gasteiger partial charge >= 0.3 is 5.69 Å². The standard InChI is InChI=1S/C24H28N8OS/c1-2-19-21(29-24(33)28-19)10-17-12-26-23-22(27-16-3-4-16)11-20(30-32(17)23)15-9-18(34-14-15)13-31-7-5-25-6-8-31/h2,9-12,14,16,25,27H,3-8,13H2,1H3,(H2,28,29,33)/b19-2-,21-10-. The number of nitrogens with one attached hydrogen (secondary N) is 4. The Morgan fingerprint density at radius 3 is 2.82 bits per heavy atom. The van der Waals surface area contributed by atoms with E-state index in [1.165, 1.54) is 17.7 Å². The number of nitrogens with zero attached hydrogens (tertiary/aromatic N) is 4. The smallest absolute Gasteiger partial charge is 0.323 e. The zero-order chi connectivity index (χ0) is 23.1. The van der Waals surface area contributed by atoms with E-state index in [9.17, 15) is 4.79 Å². The third-order valence-corrected chi connectivity index (χ3v) is 7.26. The lowest BCUT2D eigenvalue weighted by Gasteiger charge is -2.26. The molecule has 0 bridgehead atoms. The molecule has 2 fully saturated rings. The predicted octanol–water partition coefficient (Wildman–Crippen LogP) is 1.08. The van der Waals surface area contributed by atoms with Crippen molar-refractivity contribution in [1.29, 1.82) is 0 Å². The van der Waals surface area contributed by atoms with E-state index in [0.717, 1.165) is 66.4 Å². The van der Waals surface area contributed by atoms with Crippen molar-refractivity contribution in [3.8, 4) is 11.3 Å². The Kier molecular flexibility index (Phi) is 5.56. The van der Waals surface area contributed by atoms with Gasteiger partial charge in [0.2, 0.25) is 0 Å². The second-order valence-corrected chi connectivity index (χ2v) is 9.94.